The number of aliphatic hydroxyl groups is 2. The number of halogens is 6. The number of benzene rings is 4. The van der Waals surface area contributed by atoms with Crippen LogP contribution in [-0.2, 0) is 17.4 Å². The summed E-state index contributed by atoms with van der Waals surface area (Å²) in [7, 11) is 0. The van der Waals surface area contributed by atoms with Crippen LogP contribution in [-0.4, -0.2) is 70.8 Å². The minimum atomic E-state index is -4.44. The topological polar surface area (TPSA) is 81.1 Å². The molecule has 0 aromatic heterocycles. The maximum Gasteiger partial charge on any atom is 0.416 e. The molecule has 294 valence electrons. The maximum absolute atomic E-state index is 12.9. The molecule has 6 nitrogen and oxygen atoms in total. The zero-order valence-corrected chi connectivity index (χ0v) is 31.3. The summed E-state index contributed by atoms with van der Waals surface area (Å²) in [5.41, 5.74) is -0.602. The molecule has 2 aliphatic heterocycles. The fourth-order valence-corrected chi connectivity index (χ4v) is 7.23. The minimum absolute atomic E-state index is 0.0414. The van der Waals surface area contributed by atoms with E-state index in [9.17, 15) is 41.8 Å². The lowest BCUT2D eigenvalue weighted by Gasteiger charge is -2.38. The van der Waals surface area contributed by atoms with Crippen LogP contribution in [0.2, 0.25) is 5.02 Å². The summed E-state index contributed by atoms with van der Waals surface area (Å²) in [5, 5.41) is 22.4. The van der Waals surface area contributed by atoms with E-state index in [1.165, 1.54) is 60.7 Å². The van der Waals surface area contributed by atoms with E-state index in [0.29, 0.717) is 86.3 Å². The predicted molar refractivity (Wildman–Crippen MR) is 202 cm³/mol. The predicted octanol–water partition coefficient (Wildman–Crippen LogP) is 9.22. The summed E-state index contributed by atoms with van der Waals surface area (Å²) >= 11 is 5.92. The Labute approximate surface area is 323 Å². The van der Waals surface area contributed by atoms with Gasteiger partial charge in [0.2, 0.25) is 0 Å². The van der Waals surface area contributed by atoms with Gasteiger partial charge in [0.25, 0.3) is 0 Å². The van der Waals surface area contributed by atoms with Crippen LogP contribution in [0.25, 0.3) is 0 Å². The van der Waals surface area contributed by atoms with E-state index in [0.717, 1.165) is 43.8 Å². The zero-order valence-electron chi connectivity index (χ0n) is 30.5. The van der Waals surface area contributed by atoms with E-state index in [2.05, 4.69) is 9.80 Å². The van der Waals surface area contributed by atoms with Crippen LogP contribution in [0, 0.1) is 11.6 Å². The molecule has 0 bridgehead atoms. The summed E-state index contributed by atoms with van der Waals surface area (Å²) in [5.74, 6) is -0.728. The number of carbonyl (C=O) groups is 2. The van der Waals surface area contributed by atoms with E-state index in [-0.39, 0.29) is 23.2 Å². The van der Waals surface area contributed by atoms with E-state index in [1.807, 2.05) is 24.3 Å². The van der Waals surface area contributed by atoms with Gasteiger partial charge in [-0.2, -0.15) is 13.2 Å². The summed E-state index contributed by atoms with van der Waals surface area (Å²) < 4.78 is 64.6. The average Bonchev–Trinajstić information content (AvgIpc) is 3.17. The molecule has 0 saturated carbocycles. The summed E-state index contributed by atoms with van der Waals surface area (Å²) in [6.07, 6.45) is -0.275. The van der Waals surface area contributed by atoms with Crippen LogP contribution in [0.1, 0.15) is 88.8 Å². The third kappa shape index (κ3) is 12.0. The second-order valence-electron chi connectivity index (χ2n) is 14.4. The van der Waals surface area contributed by atoms with Gasteiger partial charge >= 0.3 is 6.18 Å². The van der Waals surface area contributed by atoms with Crippen molar-refractivity contribution in [2.24, 2.45) is 0 Å². The normalized spacial score (nSPS) is 17.2. The standard InChI is InChI=1S/C22H23F4NO2.C21H23ClFNO2/c23-19-8-6-16(7-9-19)20(28)5-2-12-27-13-10-21(29,11-14-27)17-3-1-4-18(15-17)22(24,25)26;22-18-7-5-17(6-8-18)21(26)11-14-24(15-12-21)13-1-2-20(25)16-3-9-19(23)10-4-16/h1,3-4,6-9,15,29H,2,5,10-14H2;3-10,26H,1-2,11-15H2. The number of alkyl halides is 3. The van der Waals surface area contributed by atoms with Gasteiger partial charge in [0.1, 0.15) is 11.6 Å². The van der Waals surface area contributed by atoms with Crippen molar-refractivity contribution in [3.05, 3.63) is 142 Å². The number of Topliss-reactive ketones (excluding diaryl/α,β-unsaturated/α-hetero) is 2. The smallest absolute Gasteiger partial charge is 0.385 e. The van der Waals surface area contributed by atoms with E-state index in [1.54, 1.807) is 0 Å². The summed E-state index contributed by atoms with van der Waals surface area (Å²) in [6.45, 7) is 4.15. The minimum Gasteiger partial charge on any atom is -0.385 e. The molecule has 2 N–H and O–H groups in total. The number of rotatable bonds is 12. The van der Waals surface area contributed by atoms with Crippen molar-refractivity contribution in [2.45, 2.75) is 68.7 Å². The van der Waals surface area contributed by atoms with Gasteiger partial charge in [0.15, 0.2) is 11.6 Å². The van der Waals surface area contributed by atoms with E-state index < -0.39 is 22.9 Å². The van der Waals surface area contributed by atoms with Gasteiger partial charge in [-0.3, -0.25) is 9.59 Å². The first-order valence-electron chi connectivity index (χ1n) is 18.5. The molecule has 0 atom stereocenters. The number of nitrogens with zero attached hydrogens (tertiary/aromatic N) is 2. The summed E-state index contributed by atoms with van der Waals surface area (Å²) in [6, 6.07) is 23.4. The molecular weight excluding hydrogens is 739 g/mol. The fourth-order valence-electron chi connectivity index (χ4n) is 7.10. The number of likely N-dealkylation sites (tertiary alicyclic amines) is 2. The Morgan fingerprint density at radius 1 is 0.618 bits per heavy atom. The summed E-state index contributed by atoms with van der Waals surface area (Å²) in [4.78, 5) is 28.6. The van der Waals surface area contributed by atoms with Gasteiger partial charge in [-0.1, -0.05) is 35.9 Å². The van der Waals surface area contributed by atoms with Crippen molar-refractivity contribution < 1.29 is 41.8 Å². The molecule has 0 aliphatic carbocycles. The highest BCUT2D eigenvalue weighted by atomic mass is 35.5. The highest BCUT2D eigenvalue weighted by Gasteiger charge is 2.37. The Bertz CT molecular complexity index is 1850. The largest absolute Gasteiger partial charge is 0.416 e. The van der Waals surface area contributed by atoms with Gasteiger partial charge in [-0.15, -0.1) is 0 Å². The number of hydrogen-bond donors (Lipinski definition) is 2. The van der Waals surface area contributed by atoms with Crippen LogP contribution in [0.15, 0.2) is 97.1 Å². The van der Waals surface area contributed by atoms with Crippen LogP contribution >= 0.6 is 11.6 Å². The Balaban J connectivity index is 0.000000212. The average molecular weight is 785 g/mol. The van der Waals surface area contributed by atoms with Crippen LogP contribution < -0.4 is 0 Å². The third-order valence-electron chi connectivity index (χ3n) is 10.6. The molecule has 0 unspecified atom stereocenters. The monoisotopic (exact) mass is 784 g/mol. The zero-order chi connectivity index (χ0) is 39.6. The molecule has 55 heavy (non-hydrogen) atoms. The number of hydrogen-bond acceptors (Lipinski definition) is 6. The second kappa shape index (κ2) is 18.8. The molecular formula is C43H46ClF5N2O4. The maximum atomic E-state index is 12.9. The Morgan fingerprint density at radius 3 is 1.45 bits per heavy atom. The van der Waals surface area contributed by atoms with Gasteiger partial charge in [-0.25, -0.2) is 8.78 Å². The Morgan fingerprint density at radius 2 is 1.04 bits per heavy atom. The molecule has 4 aromatic rings. The molecule has 2 saturated heterocycles. The van der Waals surface area contributed by atoms with Crippen molar-refractivity contribution in [1.29, 1.82) is 0 Å². The Kier molecular flexibility index (Phi) is 14.4. The quantitative estimate of drug-likeness (QED) is 0.110. The highest BCUT2D eigenvalue weighted by molar-refractivity contribution is 6.30. The number of carbonyl (C=O) groups excluding carboxylic acids is 2. The first kappa shape index (κ1) is 42.1. The molecule has 12 heteroatoms. The van der Waals surface area contributed by atoms with E-state index in [4.69, 9.17) is 11.6 Å². The van der Waals surface area contributed by atoms with Crippen molar-refractivity contribution in [1.82, 2.24) is 9.80 Å². The van der Waals surface area contributed by atoms with Gasteiger partial charge in [-0.05, 0) is 136 Å². The number of piperidine rings is 2. The van der Waals surface area contributed by atoms with Crippen molar-refractivity contribution in [3.63, 3.8) is 0 Å². The first-order chi connectivity index (χ1) is 26.1. The van der Waals surface area contributed by atoms with Crippen LogP contribution in [0.5, 0.6) is 0 Å². The SMILES string of the molecule is O=C(CCCN1CCC(O)(c2ccc(Cl)cc2)CC1)c1ccc(F)cc1.O=C(CCCN1CCC(O)(c2cccc(C(F)(F)F)c2)CC1)c1ccc(F)cc1. The molecule has 0 radical (unpaired) electrons. The van der Waals surface area contributed by atoms with Crippen LogP contribution in [0.3, 0.4) is 0 Å². The lowest BCUT2D eigenvalue weighted by atomic mass is 9.83. The first-order valence-corrected chi connectivity index (χ1v) is 18.9. The molecule has 2 heterocycles. The molecule has 2 fully saturated rings. The molecule has 2 aliphatic rings. The van der Waals surface area contributed by atoms with Crippen molar-refractivity contribution in [2.75, 3.05) is 39.3 Å². The lowest BCUT2D eigenvalue weighted by Crippen LogP contribution is -2.43. The number of ketones is 2. The van der Waals surface area contributed by atoms with Crippen molar-refractivity contribution >= 4 is 23.2 Å². The van der Waals surface area contributed by atoms with Gasteiger partial charge in [0.05, 0.1) is 16.8 Å². The van der Waals surface area contributed by atoms with Gasteiger partial charge < -0.3 is 20.0 Å². The highest BCUT2D eigenvalue weighted by Crippen LogP contribution is 2.37. The molecule has 0 amide bonds. The molecule has 4 aromatic carbocycles. The molecule has 0 spiro atoms. The van der Waals surface area contributed by atoms with Crippen LogP contribution in [0.4, 0.5) is 22.0 Å². The third-order valence-corrected chi connectivity index (χ3v) is 10.8. The van der Waals surface area contributed by atoms with Crippen molar-refractivity contribution in [3.8, 4) is 0 Å². The lowest BCUT2D eigenvalue weighted by molar-refractivity contribution is -0.137. The second-order valence-corrected chi connectivity index (χ2v) is 14.8. The molecule has 6 rings (SSSR count). The fraction of sp³-hybridized carbons (Fsp3) is 0.395. The Hall–Kier alpha value is -4.00. The van der Waals surface area contributed by atoms with E-state index >= 15 is 0 Å². The van der Waals surface area contributed by atoms with Gasteiger partial charge in [0, 0.05) is 55.2 Å².